The van der Waals surface area contributed by atoms with Crippen LogP contribution in [0.15, 0.2) is 0 Å². The number of rotatable bonds is 6. The van der Waals surface area contributed by atoms with Gasteiger partial charge >= 0.3 is 0 Å². The average Bonchev–Trinajstić information content (AvgIpc) is 2.61. The quantitative estimate of drug-likeness (QED) is 0.795. The first-order valence-electron chi connectivity index (χ1n) is 6.77. The molecular weight excluding hydrogens is 248 g/mol. The standard InChI is InChI=1S/C13H26N2O2S/c1-6-9(2)12-13(16)15(11(4)14-12)8-7-10(3)18(5)17/h9-12,14H,6-8H2,1-5H3. The molecule has 1 amide bonds. The first-order valence-corrected chi connectivity index (χ1v) is 8.39. The number of nitrogens with zero attached hydrogens (tertiary/aromatic N) is 1. The fourth-order valence-electron chi connectivity index (χ4n) is 2.22. The maximum absolute atomic E-state index is 12.3. The number of carbonyl (C=O) groups is 1. The fourth-order valence-corrected chi connectivity index (χ4v) is 2.66. The molecule has 0 aromatic heterocycles. The second-order valence-electron chi connectivity index (χ2n) is 5.34. The van der Waals surface area contributed by atoms with Crippen LogP contribution in [0, 0.1) is 5.92 Å². The molecule has 0 aromatic rings. The van der Waals surface area contributed by atoms with Crippen LogP contribution in [0.4, 0.5) is 0 Å². The van der Waals surface area contributed by atoms with Gasteiger partial charge in [0, 0.05) is 28.9 Å². The van der Waals surface area contributed by atoms with Gasteiger partial charge in [0.25, 0.3) is 0 Å². The Bertz CT molecular complexity index is 322. The van der Waals surface area contributed by atoms with Crippen molar-refractivity contribution in [3.8, 4) is 0 Å². The van der Waals surface area contributed by atoms with E-state index in [1.54, 1.807) is 6.26 Å². The lowest BCUT2D eigenvalue weighted by molar-refractivity contribution is -0.130. The topological polar surface area (TPSA) is 49.4 Å². The Balaban J connectivity index is 2.56. The second-order valence-corrected chi connectivity index (χ2v) is 7.14. The molecule has 0 spiro atoms. The zero-order valence-electron chi connectivity index (χ0n) is 12.1. The number of carbonyl (C=O) groups excluding carboxylic acids is 1. The molecule has 0 aromatic carbocycles. The molecule has 0 radical (unpaired) electrons. The van der Waals surface area contributed by atoms with Crippen LogP contribution in [0.1, 0.15) is 40.5 Å². The van der Waals surface area contributed by atoms with Crippen LogP contribution in [0.25, 0.3) is 0 Å². The van der Waals surface area contributed by atoms with E-state index in [1.165, 1.54) is 0 Å². The Morgan fingerprint density at radius 2 is 2.06 bits per heavy atom. The summed E-state index contributed by atoms with van der Waals surface area (Å²) in [5, 5.41) is 3.50. The van der Waals surface area contributed by atoms with Crippen LogP contribution >= 0.6 is 0 Å². The predicted octanol–water partition coefficient (Wildman–Crippen LogP) is 1.34. The fraction of sp³-hybridized carbons (Fsp3) is 0.923. The molecule has 5 heteroatoms. The molecule has 1 aliphatic heterocycles. The summed E-state index contributed by atoms with van der Waals surface area (Å²) < 4.78 is 11.3. The van der Waals surface area contributed by atoms with Crippen molar-refractivity contribution in [1.82, 2.24) is 10.2 Å². The van der Waals surface area contributed by atoms with Crippen LogP contribution in [0.3, 0.4) is 0 Å². The maximum atomic E-state index is 12.3. The molecule has 5 atom stereocenters. The van der Waals surface area contributed by atoms with E-state index in [4.69, 9.17) is 0 Å². The lowest BCUT2D eigenvalue weighted by Gasteiger charge is -2.22. The molecule has 5 unspecified atom stereocenters. The van der Waals surface area contributed by atoms with Crippen molar-refractivity contribution < 1.29 is 9.00 Å². The van der Waals surface area contributed by atoms with Gasteiger partial charge in [0.15, 0.2) is 0 Å². The Morgan fingerprint density at radius 3 is 2.56 bits per heavy atom. The van der Waals surface area contributed by atoms with Crippen LogP contribution in [-0.4, -0.2) is 45.3 Å². The van der Waals surface area contributed by atoms with Gasteiger partial charge in [0.05, 0.1) is 12.2 Å². The van der Waals surface area contributed by atoms with E-state index in [2.05, 4.69) is 19.2 Å². The van der Waals surface area contributed by atoms with E-state index in [0.717, 1.165) is 12.8 Å². The predicted molar refractivity (Wildman–Crippen MR) is 75.7 cm³/mol. The van der Waals surface area contributed by atoms with Crippen LogP contribution in [0.2, 0.25) is 0 Å². The van der Waals surface area contributed by atoms with Gasteiger partial charge in [-0.3, -0.25) is 14.3 Å². The third-order valence-corrected chi connectivity index (χ3v) is 5.36. The minimum atomic E-state index is -0.810. The highest BCUT2D eigenvalue weighted by atomic mass is 32.2. The largest absolute Gasteiger partial charge is 0.326 e. The molecule has 1 rings (SSSR count). The zero-order valence-corrected chi connectivity index (χ0v) is 12.9. The molecule has 1 N–H and O–H groups in total. The van der Waals surface area contributed by atoms with Crippen LogP contribution < -0.4 is 5.32 Å². The molecule has 106 valence electrons. The minimum absolute atomic E-state index is 0.0487. The highest BCUT2D eigenvalue weighted by Crippen LogP contribution is 2.19. The van der Waals surface area contributed by atoms with Gasteiger partial charge in [-0.25, -0.2) is 0 Å². The molecule has 4 nitrogen and oxygen atoms in total. The summed E-state index contributed by atoms with van der Waals surface area (Å²) in [6, 6.07) is -0.0487. The van der Waals surface area contributed by atoms with Crippen molar-refractivity contribution in [3.05, 3.63) is 0 Å². The van der Waals surface area contributed by atoms with Gasteiger partial charge in [-0.15, -0.1) is 0 Å². The first kappa shape index (κ1) is 15.6. The number of hydrogen-bond acceptors (Lipinski definition) is 3. The van der Waals surface area contributed by atoms with E-state index in [1.807, 2.05) is 18.7 Å². The average molecular weight is 274 g/mol. The summed E-state index contributed by atoms with van der Waals surface area (Å²) in [5.41, 5.74) is 0. The van der Waals surface area contributed by atoms with E-state index in [9.17, 15) is 9.00 Å². The van der Waals surface area contributed by atoms with Crippen LogP contribution in [-0.2, 0) is 15.6 Å². The summed E-state index contributed by atoms with van der Waals surface area (Å²) in [6.07, 6.45) is 3.61. The summed E-state index contributed by atoms with van der Waals surface area (Å²) >= 11 is 0. The molecule has 1 heterocycles. The number of nitrogens with one attached hydrogen (secondary N) is 1. The summed E-state index contributed by atoms with van der Waals surface area (Å²) in [7, 11) is -0.810. The number of amides is 1. The third kappa shape index (κ3) is 3.54. The molecule has 1 saturated heterocycles. The second kappa shape index (κ2) is 6.66. The molecule has 18 heavy (non-hydrogen) atoms. The number of hydrogen-bond donors (Lipinski definition) is 1. The first-order chi connectivity index (χ1) is 8.38. The van der Waals surface area contributed by atoms with Gasteiger partial charge in [-0.1, -0.05) is 27.2 Å². The molecule has 0 bridgehead atoms. The van der Waals surface area contributed by atoms with Crippen molar-refractivity contribution >= 4 is 16.7 Å². The molecule has 0 aliphatic carbocycles. The van der Waals surface area contributed by atoms with E-state index in [0.29, 0.717) is 12.5 Å². The highest BCUT2D eigenvalue weighted by Gasteiger charge is 2.38. The summed E-state index contributed by atoms with van der Waals surface area (Å²) in [6.45, 7) is 8.90. The van der Waals surface area contributed by atoms with Crippen molar-refractivity contribution in [2.45, 2.75) is 58.0 Å². The smallest absolute Gasteiger partial charge is 0.241 e. The normalized spacial score (nSPS) is 29.4. The Morgan fingerprint density at radius 1 is 1.44 bits per heavy atom. The van der Waals surface area contributed by atoms with Crippen molar-refractivity contribution in [1.29, 1.82) is 0 Å². The lowest BCUT2D eigenvalue weighted by atomic mass is 9.99. The van der Waals surface area contributed by atoms with Crippen molar-refractivity contribution in [2.75, 3.05) is 12.8 Å². The lowest BCUT2D eigenvalue weighted by Crippen LogP contribution is -2.37. The molecule has 1 aliphatic rings. The molecule has 0 saturated carbocycles. The van der Waals surface area contributed by atoms with E-state index < -0.39 is 10.8 Å². The third-order valence-electron chi connectivity index (χ3n) is 3.99. The van der Waals surface area contributed by atoms with Crippen LogP contribution in [0.5, 0.6) is 0 Å². The summed E-state index contributed by atoms with van der Waals surface area (Å²) in [4.78, 5) is 14.2. The minimum Gasteiger partial charge on any atom is -0.326 e. The van der Waals surface area contributed by atoms with Gasteiger partial charge < -0.3 is 4.90 Å². The van der Waals surface area contributed by atoms with Crippen molar-refractivity contribution in [2.24, 2.45) is 5.92 Å². The van der Waals surface area contributed by atoms with Crippen molar-refractivity contribution in [3.63, 3.8) is 0 Å². The monoisotopic (exact) mass is 274 g/mol. The van der Waals surface area contributed by atoms with E-state index >= 15 is 0 Å². The van der Waals surface area contributed by atoms with Gasteiger partial charge in [0.2, 0.25) is 5.91 Å². The highest BCUT2D eigenvalue weighted by molar-refractivity contribution is 7.84. The SMILES string of the molecule is CCC(C)C1NC(C)N(CCC(C)S(C)=O)C1=O. The van der Waals surface area contributed by atoms with Gasteiger partial charge in [-0.2, -0.15) is 0 Å². The van der Waals surface area contributed by atoms with E-state index in [-0.39, 0.29) is 23.4 Å². The summed E-state index contributed by atoms with van der Waals surface area (Å²) in [5.74, 6) is 0.564. The Labute approximate surface area is 113 Å². The molecular formula is C13H26N2O2S. The zero-order chi connectivity index (χ0) is 13.9. The van der Waals surface area contributed by atoms with Gasteiger partial charge in [-0.05, 0) is 19.3 Å². The Hall–Kier alpha value is -0.420. The molecule has 1 fully saturated rings. The maximum Gasteiger partial charge on any atom is 0.241 e. The Kier molecular flexibility index (Phi) is 5.79. The van der Waals surface area contributed by atoms with Gasteiger partial charge in [0.1, 0.15) is 0 Å².